The van der Waals surface area contributed by atoms with Crippen LogP contribution < -0.4 is 4.72 Å². The highest BCUT2D eigenvalue weighted by atomic mass is 32.2. The standard InChI is InChI=1S/C21H15FN6O4S/c1-11-6-13(10-32-11)21(29)28-33(30,31)17-3-2-12(7-16(17)22)15-4-5-23-20-18(15)26-19(27-20)14-8-24-25-9-14/h2-10H,1H3,(H,24,25)(H,28,29)(H,23,26,27). The Hall–Kier alpha value is -4.32. The van der Waals surface area contributed by atoms with Crippen LogP contribution in [0.3, 0.4) is 0 Å². The lowest BCUT2D eigenvalue weighted by Gasteiger charge is -2.09. The van der Waals surface area contributed by atoms with E-state index >= 15 is 0 Å². The molecule has 5 aromatic rings. The minimum atomic E-state index is -4.46. The molecule has 1 amide bonds. The molecule has 33 heavy (non-hydrogen) atoms. The zero-order valence-corrected chi connectivity index (χ0v) is 17.8. The average Bonchev–Trinajstić information content (AvgIpc) is 3.52. The topological polar surface area (TPSA) is 147 Å². The van der Waals surface area contributed by atoms with Crippen LogP contribution in [-0.4, -0.2) is 39.5 Å². The van der Waals surface area contributed by atoms with Crippen molar-refractivity contribution in [2.45, 2.75) is 11.8 Å². The van der Waals surface area contributed by atoms with Crippen molar-refractivity contribution in [2.75, 3.05) is 0 Å². The van der Waals surface area contributed by atoms with E-state index in [9.17, 15) is 17.6 Å². The van der Waals surface area contributed by atoms with Crippen LogP contribution >= 0.6 is 0 Å². The normalized spacial score (nSPS) is 11.7. The summed E-state index contributed by atoms with van der Waals surface area (Å²) >= 11 is 0. The molecule has 4 aromatic heterocycles. The van der Waals surface area contributed by atoms with E-state index in [4.69, 9.17) is 4.42 Å². The molecule has 0 saturated carbocycles. The summed E-state index contributed by atoms with van der Waals surface area (Å²) < 4.78 is 47.0. The molecule has 0 unspecified atom stereocenters. The second-order valence-corrected chi connectivity index (χ2v) is 8.80. The van der Waals surface area contributed by atoms with Gasteiger partial charge in [0.1, 0.15) is 34.1 Å². The number of fused-ring (bicyclic) bond motifs is 1. The number of pyridine rings is 1. The van der Waals surface area contributed by atoms with E-state index in [0.717, 1.165) is 24.0 Å². The van der Waals surface area contributed by atoms with Crippen LogP contribution in [0.2, 0.25) is 0 Å². The van der Waals surface area contributed by atoms with Crippen LogP contribution in [0.4, 0.5) is 4.39 Å². The Morgan fingerprint density at radius 3 is 2.73 bits per heavy atom. The molecule has 0 aliphatic carbocycles. The Kier molecular flexibility index (Phi) is 4.78. The molecule has 0 fully saturated rings. The van der Waals surface area contributed by atoms with E-state index in [0.29, 0.717) is 33.9 Å². The van der Waals surface area contributed by atoms with Crippen molar-refractivity contribution in [3.63, 3.8) is 0 Å². The Morgan fingerprint density at radius 2 is 2.03 bits per heavy atom. The fourth-order valence-corrected chi connectivity index (χ4v) is 4.38. The van der Waals surface area contributed by atoms with Crippen molar-refractivity contribution in [1.82, 2.24) is 29.9 Å². The highest BCUT2D eigenvalue weighted by Crippen LogP contribution is 2.30. The predicted molar refractivity (Wildman–Crippen MR) is 115 cm³/mol. The third-order valence-corrected chi connectivity index (χ3v) is 6.27. The first-order valence-electron chi connectivity index (χ1n) is 9.58. The molecule has 3 N–H and O–H groups in total. The fraction of sp³-hybridized carbons (Fsp3) is 0.0476. The maximum absolute atomic E-state index is 14.9. The molecule has 0 radical (unpaired) electrons. The van der Waals surface area contributed by atoms with E-state index in [1.54, 1.807) is 25.4 Å². The summed E-state index contributed by atoms with van der Waals surface area (Å²) in [6, 6.07) is 6.62. The van der Waals surface area contributed by atoms with Gasteiger partial charge in [0.2, 0.25) is 0 Å². The van der Waals surface area contributed by atoms with Gasteiger partial charge in [0.05, 0.1) is 17.3 Å². The van der Waals surface area contributed by atoms with Crippen molar-refractivity contribution in [1.29, 1.82) is 0 Å². The number of aromatic amines is 2. The number of hydrogen-bond acceptors (Lipinski definition) is 7. The minimum absolute atomic E-state index is 0.0132. The first kappa shape index (κ1) is 20.6. The quantitative estimate of drug-likeness (QED) is 0.360. The summed E-state index contributed by atoms with van der Waals surface area (Å²) in [4.78, 5) is 23.4. The van der Waals surface area contributed by atoms with Gasteiger partial charge < -0.3 is 9.40 Å². The minimum Gasteiger partial charge on any atom is -0.469 e. The van der Waals surface area contributed by atoms with Gasteiger partial charge in [-0.25, -0.2) is 27.5 Å². The smallest absolute Gasteiger partial charge is 0.268 e. The maximum Gasteiger partial charge on any atom is 0.268 e. The predicted octanol–water partition coefficient (Wildman–Crippen LogP) is 3.17. The molecule has 0 spiro atoms. The number of furan rings is 1. The van der Waals surface area contributed by atoms with Crippen molar-refractivity contribution < 1.29 is 22.0 Å². The fourth-order valence-electron chi connectivity index (χ4n) is 3.35. The van der Waals surface area contributed by atoms with Gasteiger partial charge in [-0.15, -0.1) is 0 Å². The zero-order chi connectivity index (χ0) is 23.2. The van der Waals surface area contributed by atoms with E-state index in [-0.39, 0.29) is 5.56 Å². The molecule has 0 bridgehead atoms. The molecule has 1 aromatic carbocycles. The Morgan fingerprint density at radius 1 is 1.18 bits per heavy atom. The van der Waals surface area contributed by atoms with Crippen molar-refractivity contribution in [3.05, 3.63) is 72.3 Å². The van der Waals surface area contributed by atoms with Gasteiger partial charge in [-0.05, 0) is 36.8 Å². The molecule has 0 atom stereocenters. The van der Waals surface area contributed by atoms with Gasteiger partial charge >= 0.3 is 0 Å². The largest absolute Gasteiger partial charge is 0.469 e. The summed E-state index contributed by atoms with van der Waals surface area (Å²) in [6.07, 6.45) is 5.91. The van der Waals surface area contributed by atoms with Crippen LogP contribution in [0, 0.1) is 12.7 Å². The summed E-state index contributed by atoms with van der Waals surface area (Å²) in [5, 5.41) is 6.59. The van der Waals surface area contributed by atoms with E-state index in [1.165, 1.54) is 18.3 Å². The van der Waals surface area contributed by atoms with Crippen LogP contribution in [0.15, 0.2) is 64.5 Å². The number of carbonyl (C=O) groups excluding carboxylic acids is 1. The van der Waals surface area contributed by atoms with Crippen LogP contribution in [0.1, 0.15) is 16.1 Å². The van der Waals surface area contributed by atoms with E-state index in [1.807, 2.05) is 4.72 Å². The van der Waals surface area contributed by atoms with Gasteiger partial charge in [0.15, 0.2) is 5.65 Å². The molecule has 0 aliphatic rings. The number of carbonyl (C=O) groups is 1. The van der Waals surface area contributed by atoms with Crippen LogP contribution in [0.25, 0.3) is 33.7 Å². The third-order valence-electron chi connectivity index (χ3n) is 4.91. The number of rotatable bonds is 5. The lowest BCUT2D eigenvalue weighted by atomic mass is 10.1. The number of imidazole rings is 1. The highest BCUT2D eigenvalue weighted by molar-refractivity contribution is 7.90. The highest BCUT2D eigenvalue weighted by Gasteiger charge is 2.24. The lowest BCUT2D eigenvalue weighted by Crippen LogP contribution is -2.30. The van der Waals surface area contributed by atoms with Crippen LogP contribution in [-0.2, 0) is 10.0 Å². The number of aromatic nitrogens is 5. The molecule has 0 saturated heterocycles. The summed E-state index contributed by atoms with van der Waals surface area (Å²) in [7, 11) is -4.46. The van der Waals surface area contributed by atoms with Crippen molar-refractivity contribution >= 4 is 27.1 Å². The number of amides is 1. The van der Waals surface area contributed by atoms with E-state index in [2.05, 4.69) is 25.1 Å². The number of aryl methyl sites for hydroxylation is 1. The maximum atomic E-state index is 14.9. The Balaban J connectivity index is 1.49. The number of nitrogens with one attached hydrogen (secondary N) is 3. The monoisotopic (exact) mass is 466 g/mol. The Labute approximate surface area is 185 Å². The van der Waals surface area contributed by atoms with Crippen molar-refractivity contribution in [2.24, 2.45) is 0 Å². The second-order valence-electron chi connectivity index (χ2n) is 7.15. The van der Waals surface area contributed by atoms with Crippen molar-refractivity contribution in [3.8, 4) is 22.5 Å². The second kappa shape index (κ2) is 7.67. The molecule has 10 nitrogen and oxygen atoms in total. The number of benzene rings is 1. The molecule has 166 valence electrons. The van der Waals surface area contributed by atoms with Gasteiger partial charge in [-0.3, -0.25) is 9.89 Å². The third kappa shape index (κ3) is 3.76. The average molecular weight is 466 g/mol. The van der Waals surface area contributed by atoms with E-state index < -0.39 is 26.6 Å². The zero-order valence-electron chi connectivity index (χ0n) is 17.0. The number of hydrogen-bond donors (Lipinski definition) is 3. The SMILES string of the molecule is Cc1cc(C(=O)NS(=O)(=O)c2ccc(-c3ccnc4[nH]c(-c5cn[nH]c5)nc34)cc2F)co1. The molecule has 5 rings (SSSR count). The Bertz CT molecular complexity index is 1610. The summed E-state index contributed by atoms with van der Waals surface area (Å²) in [5.74, 6) is -0.984. The molecule has 4 heterocycles. The summed E-state index contributed by atoms with van der Waals surface area (Å²) in [6.45, 7) is 1.61. The molecule has 0 aliphatic heterocycles. The van der Waals surface area contributed by atoms with Gasteiger partial charge in [-0.2, -0.15) is 5.10 Å². The summed E-state index contributed by atoms with van der Waals surface area (Å²) in [5.41, 5.74) is 2.62. The van der Waals surface area contributed by atoms with Gasteiger partial charge in [0.25, 0.3) is 15.9 Å². The number of halogens is 1. The lowest BCUT2D eigenvalue weighted by molar-refractivity contribution is 0.0980. The molecule has 12 heteroatoms. The molecular formula is C21H15FN6O4S. The molecular weight excluding hydrogens is 451 g/mol. The van der Waals surface area contributed by atoms with Gasteiger partial charge in [0, 0.05) is 18.0 Å². The number of nitrogens with zero attached hydrogens (tertiary/aromatic N) is 3. The number of sulfonamides is 1. The van der Waals surface area contributed by atoms with Crippen LogP contribution in [0.5, 0.6) is 0 Å². The van der Waals surface area contributed by atoms with Gasteiger partial charge in [-0.1, -0.05) is 6.07 Å². The first-order chi connectivity index (χ1) is 15.8. The first-order valence-corrected chi connectivity index (χ1v) is 11.1. The number of H-pyrrole nitrogens is 2.